The summed E-state index contributed by atoms with van der Waals surface area (Å²) < 4.78 is 0. The number of nitrogens with zero attached hydrogens (tertiary/aromatic N) is 4. The van der Waals surface area contributed by atoms with Crippen LogP contribution in [0.2, 0.25) is 0 Å². The molecule has 0 fully saturated rings. The molecule has 0 bridgehead atoms. The molecule has 0 aromatic carbocycles. The average molecular weight is 285 g/mol. The summed E-state index contributed by atoms with van der Waals surface area (Å²) in [6, 6.07) is 4.26. The zero-order valence-corrected chi connectivity index (χ0v) is 12.3. The molecule has 3 rings (SSSR count). The van der Waals surface area contributed by atoms with Gasteiger partial charge in [-0.15, -0.1) is 11.3 Å². The Morgan fingerprint density at radius 2 is 2.20 bits per heavy atom. The quantitative estimate of drug-likeness (QED) is 0.868. The first-order valence-electron chi connectivity index (χ1n) is 6.46. The van der Waals surface area contributed by atoms with Gasteiger partial charge in [-0.05, 0) is 19.9 Å². The van der Waals surface area contributed by atoms with E-state index in [2.05, 4.69) is 20.9 Å². The van der Waals surface area contributed by atoms with Crippen LogP contribution in [0.3, 0.4) is 0 Å². The van der Waals surface area contributed by atoms with E-state index >= 15 is 0 Å². The van der Waals surface area contributed by atoms with Crippen LogP contribution in [0.1, 0.15) is 27.5 Å². The lowest BCUT2D eigenvalue weighted by Crippen LogP contribution is -2.30. The summed E-state index contributed by atoms with van der Waals surface area (Å²) >= 11 is 1.54. The summed E-state index contributed by atoms with van der Waals surface area (Å²) in [7, 11) is 0. The van der Waals surface area contributed by atoms with E-state index in [1.807, 2.05) is 19.9 Å². The van der Waals surface area contributed by atoms with E-state index in [1.165, 1.54) is 16.2 Å². The summed E-state index contributed by atoms with van der Waals surface area (Å²) in [5.74, 6) is 0. The Labute approximate surface area is 121 Å². The molecular weight excluding hydrogens is 270 g/mol. The Bertz CT molecular complexity index is 713. The van der Waals surface area contributed by atoms with Gasteiger partial charge < -0.3 is 10.6 Å². The van der Waals surface area contributed by atoms with Crippen molar-refractivity contribution in [3.63, 3.8) is 0 Å². The summed E-state index contributed by atoms with van der Waals surface area (Å²) in [6.07, 6.45) is 0.869. The maximum absolute atomic E-state index is 9.37. The lowest BCUT2D eigenvalue weighted by atomic mass is 10.1. The van der Waals surface area contributed by atoms with E-state index in [-0.39, 0.29) is 0 Å². The Hall–Kier alpha value is -2.13. The molecule has 3 heterocycles. The average Bonchev–Trinajstić information content (AvgIpc) is 2.76. The highest BCUT2D eigenvalue weighted by atomic mass is 32.1. The largest absolute Gasteiger partial charge is 0.375 e. The molecule has 2 N–H and O–H groups in total. The molecule has 0 saturated carbocycles. The van der Waals surface area contributed by atoms with Crippen molar-refractivity contribution in [2.45, 2.75) is 26.8 Å². The first kappa shape index (κ1) is 12.9. The molecule has 2 aromatic rings. The van der Waals surface area contributed by atoms with E-state index in [1.54, 1.807) is 0 Å². The first-order valence-corrected chi connectivity index (χ1v) is 7.27. The van der Waals surface area contributed by atoms with Crippen LogP contribution >= 0.6 is 11.3 Å². The molecule has 1 aliphatic rings. The molecule has 102 valence electrons. The molecule has 0 aliphatic carbocycles. The van der Waals surface area contributed by atoms with Gasteiger partial charge in [0.15, 0.2) is 5.13 Å². The number of nitriles is 1. The van der Waals surface area contributed by atoms with Gasteiger partial charge in [-0.1, -0.05) is 0 Å². The van der Waals surface area contributed by atoms with E-state index in [9.17, 15) is 5.26 Å². The van der Waals surface area contributed by atoms with Crippen molar-refractivity contribution in [2.75, 3.05) is 17.2 Å². The van der Waals surface area contributed by atoms with E-state index in [0.717, 1.165) is 42.3 Å². The molecule has 0 radical (unpaired) electrons. The minimum atomic E-state index is 0.624. The number of aryl methyl sites for hydroxylation is 2. The highest BCUT2D eigenvalue weighted by Gasteiger charge is 2.23. The lowest BCUT2D eigenvalue weighted by Gasteiger charge is -2.29. The highest BCUT2D eigenvalue weighted by Crippen LogP contribution is 2.31. The lowest BCUT2D eigenvalue weighted by molar-refractivity contribution is 0.726. The van der Waals surface area contributed by atoms with Crippen LogP contribution < -0.4 is 10.6 Å². The Balaban J connectivity index is 2.01. The molecule has 0 spiro atoms. The smallest absolute Gasteiger partial charge is 0.180 e. The number of hydrogen-bond donors (Lipinski definition) is 1. The van der Waals surface area contributed by atoms with Crippen molar-refractivity contribution in [2.24, 2.45) is 0 Å². The second kappa shape index (κ2) is 4.76. The SMILES string of the molecule is Cc1cc(N2CCc3nc(N)sc3C2)c(C#N)c(C)n1. The number of rotatable bonds is 1. The summed E-state index contributed by atoms with van der Waals surface area (Å²) in [5.41, 5.74) is 10.2. The van der Waals surface area contributed by atoms with Gasteiger partial charge in [0.25, 0.3) is 0 Å². The van der Waals surface area contributed by atoms with Crippen molar-refractivity contribution >= 4 is 22.2 Å². The third-order valence-corrected chi connectivity index (χ3v) is 4.42. The molecule has 6 heteroatoms. The van der Waals surface area contributed by atoms with Gasteiger partial charge >= 0.3 is 0 Å². The van der Waals surface area contributed by atoms with Gasteiger partial charge in [-0.25, -0.2) is 4.98 Å². The van der Waals surface area contributed by atoms with Crippen LogP contribution in [-0.4, -0.2) is 16.5 Å². The number of anilines is 2. The maximum Gasteiger partial charge on any atom is 0.180 e. The number of aromatic nitrogens is 2. The zero-order chi connectivity index (χ0) is 14.3. The molecule has 0 atom stereocenters. The van der Waals surface area contributed by atoms with Gasteiger partial charge in [-0.3, -0.25) is 4.98 Å². The summed E-state index contributed by atoms with van der Waals surface area (Å²) in [5, 5.41) is 10.00. The van der Waals surface area contributed by atoms with Crippen LogP contribution in [0.5, 0.6) is 0 Å². The van der Waals surface area contributed by atoms with Crippen LogP contribution in [0.25, 0.3) is 0 Å². The fourth-order valence-electron chi connectivity index (χ4n) is 2.62. The molecule has 20 heavy (non-hydrogen) atoms. The molecule has 0 unspecified atom stereocenters. The number of fused-ring (bicyclic) bond motifs is 1. The normalized spacial score (nSPS) is 13.9. The summed E-state index contributed by atoms with van der Waals surface area (Å²) in [4.78, 5) is 12.1. The topological polar surface area (TPSA) is 78.8 Å². The Morgan fingerprint density at radius 1 is 1.40 bits per heavy atom. The minimum absolute atomic E-state index is 0.624. The van der Waals surface area contributed by atoms with Crippen molar-refractivity contribution in [3.8, 4) is 6.07 Å². The molecule has 0 amide bonds. The van der Waals surface area contributed by atoms with Crippen LogP contribution in [-0.2, 0) is 13.0 Å². The van der Waals surface area contributed by atoms with E-state index in [0.29, 0.717) is 10.7 Å². The number of pyridine rings is 1. The van der Waals surface area contributed by atoms with Crippen molar-refractivity contribution in [1.82, 2.24) is 9.97 Å². The fourth-order valence-corrected chi connectivity index (χ4v) is 3.51. The molecule has 2 aromatic heterocycles. The number of thiazole rings is 1. The summed E-state index contributed by atoms with van der Waals surface area (Å²) in [6.45, 7) is 5.46. The monoisotopic (exact) mass is 285 g/mol. The van der Waals surface area contributed by atoms with Crippen LogP contribution in [0.15, 0.2) is 6.07 Å². The van der Waals surface area contributed by atoms with Gasteiger partial charge in [0.05, 0.1) is 29.2 Å². The van der Waals surface area contributed by atoms with Gasteiger partial charge in [0.1, 0.15) is 6.07 Å². The first-order chi connectivity index (χ1) is 9.58. The van der Waals surface area contributed by atoms with Crippen LogP contribution in [0.4, 0.5) is 10.8 Å². The predicted molar refractivity (Wildman–Crippen MR) is 79.7 cm³/mol. The standard InChI is InChI=1S/C14H15N5S/c1-8-5-12(10(6-15)9(2)17-8)19-4-3-11-13(7-19)20-14(16)18-11/h5H,3-4,7H2,1-2H3,(H2,16,18). The molecular formula is C14H15N5S. The highest BCUT2D eigenvalue weighted by molar-refractivity contribution is 7.15. The Kier molecular flexibility index (Phi) is 3.07. The van der Waals surface area contributed by atoms with Gasteiger partial charge in [0, 0.05) is 23.5 Å². The maximum atomic E-state index is 9.37. The second-order valence-electron chi connectivity index (χ2n) is 4.95. The third-order valence-electron chi connectivity index (χ3n) is 3.51. The Morgan fingerprint density at radius 3 is 2.95 bits per heavy atom. The zero-order valence-electron chi connectivity index (χ0n) is 11.5. The molecule has 1 aliphatic heterocycles. The van der Waals surface area contributed by atoms with Gasteiger partial charge in [-0.2, -0.15) is 5.26 Å². The number of hydrogen-bond acceptors (Lipinski definition) is 6. The molecule has 0 saturated heterocycles. The molecule has 5 nitrogen and oxygen atoms in total. The minimum Gasteiger partial charge on any atom is -0.375 e. The van der Waals surface area contributed by atoms with E-state index in [4.69, 9.17) is 5.73 Å². The second-order valence-corrected chi connectivity index (χ2v) is 6.06. The van der Waals surface area contributed by atoms with Crippen LogP contribution in [0, 0.1) is 25.2 Å². The van der Waals surface area contributed by atoms with Crippen molar-refractivity contribution in [1.29, 1.82) is 5.26 Å². The number of nitrogen functional groups attached to an aromatic ring is 1. The van der Waals surface area contributed by atoms with E-state index < -0.39 is 0 Å². The fraction of sp³-hybridized carbons (Fsp3) is 0.357. The van der Waals surface area contributed by atoms with Crippen molar-refractivity contribution < 1.29 is 0 Å². The number of nitrogens with two attached hydrogens (primary N) is 1. The van der Waals surface area contributed by atoms with Crippen molar-refractivity contribution in [3.05, 3.63) is 33.6 Å². The predicted octanol–water partition coefficient (Wildman–Crippen LogP) is 2.17. The van der Waals surface area contributed by atoms with Gasteiger partial charge in [0.2, 0.25) is 0 Å². The third kappa shape index (κ3) is 2.10.